The number of hydrogen-bond donors (Lipinski definition) is 2. The smallest absolute Gasteiger partial charge is 0.343 e. The van der Waals surface area contributed by atoms with Gasteiger partial charge in [-0.05, 0) is 48.0 Å². The number of rotatable bonds is 8. The number of hydrogen-bond acceptors (Lipinski definition) is 9. The monoisotopic (exact) mass is 450 g/mol. The van der Waals surface area contributed by atoms with Crippen molar-refractivity contribution in [3.05, 3.63) is 93.3 Å². The van der Waals surface area contributed by atoms with Crippen molar-refractivity contribution in [1.29, 1.82) is 0 Å². The molecule has 1 amide bonds. The molecule has 0 unspecified atom stereocenters. The first-order valence-corrected chi connectivity index (χ1v) is 9.45. The summed E-state index contributed by atoms with van der Waals surface area (Å²) in [6, 6.07) is 12.7. The number of nitrogens with zero attached hydrogens (tertiary/aromatic N) is 3. The number of esters is 1. The Morgan fingerprint density at radius 1 is 1.12 bits per heavy atom. The van der Waals surface area contributed by atoms with Gasteiger partial charge >= 0.3 is 5.97 Å². The van der Waals surface area contributed by atoms with Gasteiger partial charge in [0.1, 0.15) is 0 Å². The number of non-ortho nitro benzene ring substituents is 1. The molecule has 0 aliphatic rings. The molecule has 0 spiro atoms. The predicted molar refractivity (Wildman–Crippen MR) is 116 cm³/mol. The Balaban J connectivity index is 1.65. The molecule has 0 fully saturated rings. The van der Waals surface area contributed by atoms with E-state index in [1.165, 1.54) is 62.0 Å². The number of methoxy groups -OCH3 is 1. The van der Waals surface area contributed by atoms with Gasteiger partial charge in [-0.15, -0.1) is 0 Å². The summed E-state index contributed by atoms with van der Waals surface area (Å²) in [5.74, 6) is -0.817. The topological polar surface area (TPSA) is 153 Å². The fourth-order valence-electron chi connectivity index (χ4n) is 2.61. The molecule has 0 aliphatic heterocycles. The number of nitro groups is 1. The number of aliphatic hydroxyl groups is 1. The summed E-state index contributed by atoms with van der Waals surface area (Å²) in [5, 5.41) is 23.6. The minimum absolute atomic E-state index is 0.136. The van der Waals surface area contributed by atoms with E-state index < -0.39 is 16.8 Å². The second kappa shape index (κ2) is 10.6. The fourth-order valence-corrected chi connectivity index (χ4v) is 2.61. The van der Waals surface area contributed by atoms with E-state index in [-0.39, 0.29) is 34.9 Å². The first-order chi connectivity index (χ1) is 15.9. The van der Waals surface area contributed by atoms with Crippen LogP contribution >= 0.6 is 0 Å². The molecular formula is C22H18N4O7. The Kier molecular flexibility index (Phi) is 7.39. The lowest BCUT2D eigenvalue weighted by molar-refractivity contribution is -0.384. The Morgan fingerprint density at radius 2 is 1.85 bits per heavy atom. The maximum Gasteiger partial charge on any atom is 0.343 e. The maximum absolute atomic E-state index is 12.3. The summed E-state index contributed by atoms with van der Waals surface area (Å²) < 4.78 is 10.6. The van der Waals surface area contributed by atoms with Crippen molar-refractivity contribution in [2.75, 3.05) is 7.11 Å². The number of amides is 1. The van der Waals surface area contributed by atoms with Gasteiger partial charge in [0.15, 0.2) is 11.5 Å². The molecule has 3 rings (SSSR count). The number of nitrogens with one attached hydrogen (secondary N) is 1. The average molecular weight is 450 g/mol. The van der Waals surface area contributed by atoms with E-state index in [2.05, 4.69) is 15.5 Å². The van der Waals surface area contributed by atoms with Crippen LogP contribution in [0.25, 0.3) is 0 Å². The van der Waals surface area contributed by atoms with Crippen molar-refractivity contribution in [2.45, 2.75) is 6.61 Å². The highest BCUT2D eigenvalue weighted by molar-refractivity contribution is 5.95. The van der Waals surface area contributed by atoms with Crippen molar-refractivity contribution in [2.24, 2.45) is 5.10 Å². The molecule has 0 saturated carbocycles. The van der Waals surface area contributed by atoms with Crippen LogP contribution in [-0.4, -0.2) is 40.2 Å². The fraction of sp³-hybridized carbons (Fsp3) is 0.0909. The van der Waals surface area contributed by atoms with E-state index in [0.717, 1.165) is 0 Å². The van der Waals surface area contributed by atoms with Crippen LogP contribution < -0.4 is 14.9 Å². The number of aromatic nitrogens is 1. The molecule has 33 heavy (non-hydrogen) atoms. The molecule has 3 aromatic rings. The van der Waals surface area contributed by atoms with E-state index in [1.54, 1.807) is 12.1 Å². The van der Waals surface area contributed by atoms with Crippen molar-refractivity contribution < 1.29 is 29.1 Å². The van der Waals surface area contributed by atoms with Gasteiger partial charge in [-0.25, -0.2) is 10.2 Å². The Bertz CT molecular complexity index is 1190. The lowest BCUT2D eigenvalue weighted by Crippen LogP contribution is -2.18. The number of hydrazone groups is 1. The summed E-state index contributed by atoms with van der Waals surface area (Å²) in [6.07, 6.45) is 2.70. The van der Waals surface area contributed by atoms with E-state index in [0.29, 0.717) is 11.3 Å². The molecule has 1 heterocycles. The highest BCUT2D eigenvalue weighted by atomic mass is 16.6. The third-order valence-electron chi connectivity index (χ3n) is 4.33. The largest absolute Gasteiger partial charge is 0.493 e. The summed E-state index contributed by atoms with van der Waals surface area (Å²) in [5.41, 5.74) is 3.62. The lowest BCUT2D eigenvalue weighted by Gasteiger charge is -2.10. The van der Waals surface area contributed by atoms with Gasteiger partial charge in [-0.3, -0.25) is 19.9 Å². The second-order valence-electron chi connectivity index (χ2n) is 6.50. The number of carbonyl (C=O) groups is 2. The molecule has 2 N–H and O–H groups in total. The van der Waals surface area contributed by atoms with Crippen molar-refractivity contribution >= 4 is 23.8 Å². The van der Waals surface area contributed by atoms with Crippen LogP contribution in [0, 0.1) is 10.1 Å². The maximum atomic E-state index is 12.3. The van der Waals surface area contributed by atoms with E-state index in [9.17, 15) is 19.7 Å². The molecule has 0 aliphatic carbocycles. The first kappa shape index (κ1) is 23.0. The number of benzene rings is 2. The molecule has 0 bridgehead atoms. The van der Waals surface area contributed by atoms with Gasteiger partial charge in [0.05, 0.1) is 41.7 Å². The van der Waals surface area contributed by atoms with Crippen LogP contribution in [0.3, 0.4) is 0 Å². The minimum Gasteiger partial charge on any atom is -0.493 e. The average Bonchev–Trinajstić information content (AvgIpc) is 2.84. The van der Waals surface area contributed by atoms with Crippen LogP contribution in [-0.2, 0) is 6.61 Å². The van der Waals surface area contributed by atoms with Crippen molar-refractivity contribution in [3.63, 3.8) is 0 Å². The minimum atomic E-state index is -0.710. The number of ether oxygens (including phenoxy) is 2. The van der Waals surface area contributed by atoms with Crippen LogP contribution in [0.2, 0.25) is 0 Å². The normalized spacial score (nSPS) is 10.6. The van der Waals surface area contributed by atoms with Crippen molar-refractivity contribution in [3.8, 4) is 11.5 Å². The molecule has 0 saturated heterocycles. The van der Waals surface area contributed by atoms with Gasteiger partial charge < -0.3 is 14.6 Å². The van der Waals surface area contributed by atoms with Gasteiger partial charge in [-0.1, -0.05) is 0 Å². The summed E-state index contributed by atoms with van der Waals surface area (Å²) in [4.78, 5) is 38.5. The van der Waals surface area contributed by atoms with Crippen LogP contribution in [0.5, 0.6) is 11.5 Å². The number of aliphatic hydroxyl groups excluding tert-OH is 1. The second-order valence-corrected chi connectivity index (χ2v) is 6.50. The molecule has 168 valence electrons. The zero-order valence-corrected chi connectivity index (χ0v) is 17.3. The quantitative estimate of drug-likeness (QED) is 0.174. The van der Waals surface area contributed by atoms with Crippen LogP contribution in [0.1, 0.15) is 32.0 Å². The molecule has 11 heteroatoms. The number of carbonyl (C=O) groups excluding carboxylic acids is 2. The third kappa shape index (κ3) is 5.95. The van der Waals surface area contributed by atoms with E-state index in [1.807, 2.05) is 0 Å². The number of nitro benzene ring substituents is 1. The molecule has 2 aromatic carbocycles. The summed E-state index contributed by atoms with van der Waals surface area (Å²) in [6.45, 7) is -0.221. The molecule has 1 aromatic heterocycles. The molecule has 11 nitrogen and oxygen atoms in total. The highest BCUT2D eigenvalue weighted by Gasteiger charge is 2.14. The van der Waals surface area contributed by atoms with E-state index in [4.69, 9.17) is 14.6 Å². The molecular weight excluding hydrogens is 432 g/mol. The zero-order chi connectivity index (χ0) is 23.8. The molecule has 0 atom stereocenters. The first-order valence-electron chi connectivity index (χ1n) is 9.45. The Labute approximate surface area is 187 Å². The lowest BCUT2D eigenvalue weighted by atomic mass is 10.2. The Hall–Kier alpha value is -4.64. The highest BCUT2D eigenvalue weighted by Crippen LogP contribution is 2.28. The molecule has 0 radical (unpaired) electrons. The van der Waals surface area contributed by atoms with E-state index >= 15 is 0 Å². The van der Waals surface area contributed by atoms with Crippen LogP contribution in [0.4, 0.5) is 5.69 Å². The van der Waals surface area contributed by atoms with Gasteiger partial charge in [0.2, 0.25) is 0 Å². The van der Waals surface area contributed by atoms with Gasteiger partial charge in [-0.2, -0.15) is 5.10 Å². The number of pyridine rings is 1. The van der Waals surface area contributed by atoms with Crippen LogP contribution in [0.15, 0.2) is 65.9 Å². The SMILES string of the molecule is COc1cc(C=NNC(=O)c2ccc(CO)nc2)ccc1OC(=O)c1ccc([N+](=O)[O-])cc1. The summed E-state index contributed by atoms with van der Waals surface area (Å²) >= 11 is 0. The van der Waals surface area contributed by atoms with Gasteiger partial charge in [0.25, 0.3) is 11.6 Å². The third-order valence-corrected chi connectivity index (χ3v) is 4.33. The Morgan fingerprint density at radius 3 is 2.45 bits per heavy atom. The van der Waals surface area contributed by atoms with Crippen molar-refractivity contribution in [1.82, 2.24) is 10.4 Å². The summed E-state index contributed by atoms with van der Waals surface area (Å²) in [7, 11) is 1.39. The standard InChI is InChI=1S/C22H18N4O7/c1-32-20-10-14(11-24-25-21(28)16-3-6-17(13-27)23-12-16)2-9-19(20)33-22(29)15-4-7-18(8-5-15)26(30)31/h2-12,27H,13H2,1H3,(H,25,28). The zero-order valence-electron chi connectivity index (χ0n) is 17.3. The predicted octanol–water partition coefficient (Wildman–Crippen LogP) is 2.47. The van der Waals surface area contributed by atoms with Gasteiger partial charge in [0, 0.05) is 18.3 Å².